The molecule has 0 amide bonds. The van der Waals surface area contributed by atoms with Crippen molar-refractivity contribution in [3.8, 4) is 0 Å². The van der Waals surface area contributed by atoms with E-state index in [1.807, 2.05) is 34.3 Å². The number of unbranched alkanes of at least 4 members (excludes halogenated alkanes) is 33. The van der Waals surface area contributed by atoms with Crippen molar-refractivity contribution in [3.63, 3.8) is 0 Å². The molecular formula is C108H200N2O12. The molecule has 0 aromatic carbocycles. The number of rotatable bonds is 93. The van der Waals surface area contributed by atoms with Crippen LogP contribution in [0.1, 0.15) is 492 Å². The number of hydrogen-bond acceptors (Lipinski definition) is 14. The Morgan fingerprint density at radius 3 is 0.844 bits per heavy atom. The van der Waals surface area contributed by atoms with E-state index in [1.54, 1.807) is 0 Å². The minimum absolute atomic E-state index is 0.00916. The summed E-state index contributed by atoms with van der Waals surface area (Å²) < 4.78 is 34.6. The lowest BCUT2D eigenvalue weighted by Gasteiger charge is -2.27. The van der Waals surface area contributed by atoms with Gasteiger partial charge >= 0.3 is 35.8 Å². The number of allylic oxidation sites excluding steroid dienone is 4. The summed E-state index contributed by atoms with van der Waals surface area (Å²) in [6, 6.07) is 0. The zero-order valence-electron chi connectivity index (χ0n) is 82.4. The van der Waals surface area contributed by atoms with Crippen LogP contribution in [0.2, 0.25) is 0 Å². The lowest BCUT2D eigenvalue weighted by molar-refractivity contribution is -0.151. The average Bonchev–Trinajstić information content (AvgIpc) is 0.913. The Balaban J connectivity index is 4.69. The van der Waals surface area contributed by atoms with Crippen molar-refractivity contribution in [1.29, 1.82) is 0 Å². The first-order valence-corrected chi connectivity index (χ1v) is 52.4. The number of ether oxygens (including phenoxy) is 6. The summed E-state index contributed by atoms with van der Waals surface area (Å²) in [5.41, 5.74) is 0. The van der Waals surface area contributed by atoms with Gasteiger partial charge in [-0.3, -0.25) is 28.8 Å². The fourth-order valence-electron chi connectivity index (χ4n) is 17.3. The van der Waals surface area contributed by atoms with Gasteiger partial charge in [-0.1, -0.05) is 367 Å². The molecule has 122 heavy (non-hydrogen) atoms. The second-order valence-corrected chi connectivity index (χ2v) is 37.6. The summed E-state index contributed by atoms with van der Waals surface area (Å²) in [6.07, 6.45) is 90.5. The van der Waals surface area contributed by atoms with Crippen molar-refractivity contribution in [2.24, 2.45) is 35.5 Å². The van der Waals surface area contributed by atoms with Crippen molar-refractivity contribution in [1.82, 2.24) is 9.80 Å². The van der Waals surface area contributed by atoms with E-state index < -0.39 is 0 Å². The molecule has 0 aliphatic rings. The summed E-state index contributed by atoms with van der Waals surface area (Å²) in [5, 5.41) is 0. The Bertz CT molecular complexity index is 2460. The van der Waals surface area contributed by atoms with Crippen molar-refractivity contribution in [2.75, 3.05) is 67.7 Å². The normalized spacial score (nSPS) is 13.5. The molecule has 0 aromatic heterocycles. The number of hydrogen-bond donors (Lipinski definition) is 0. The minimum Gasteiger partial charge on any atom is -0.462 e. The van der Waals surface area contributed by atoms with Crippen molar-refractivity contribution >= 4 is 35.8 Å². The van der Waals surface area contributed by atoms with Crippen LogP contribution in [0.3, 0.4) is 0 Å². The van der Waals surface area contributed by atoms with E-state index in [1.165, 1.54) is 193 Å². The number of carbonyl (C=O) groups excluding carboxylic acids is 6. The van der Waals surface area contributed by atoms with E-state index in [2.05, 4.69) is 108 Å². The third-order valence-electron chi connectivity index (χ3n) is 25.3. The van der Waals surface area contributed by atoms with Crippen molar-refractivity contribution < 1.29 is 57.2 Å². The molecule has 14 nitrogen and oxygen atoms in total. The fraction of sp³-hybridized carbons (Fsp3) is 0.870. The van der Waals surface area contributed by atoms with Gasteiger partial charge in [-0.25, -0.2) is 0 Å². The van der Waals surface area contributed by atoms with E-state index in [4.69, 9.17) is 28.4 Å². The van der Waals surface area contributed by atoms with Gasteiger partial charge in [0.05, 0.1) is 0 Å². The third-order valence-corrected chi connectivity index (χ3v) is 25.3. The molecule has 0 bridgehead atoms. The van der Waals surface area contributed by atoms with Gasteiger partial charge in [0.1, 0.15) is 38.6 Å². The molecule has 6 atom stereocenters. The molecule has 0 aliphatic heterocycles. The first kappa shape index (κ1) is 118. The molecule has 0 radical (unpaired) electrons. The smallest absolute Gasteiger partial charge is 0.306 e. The first-order chi connectivity index (χ1) is 59.4. The lowest BCUT2D eigenvalue weighted by Crippen LogP contribution is -2.20. The monoisotopic (exact) mass is 1720 g/mol. The summed E-state index contributed by atoms with van der Waals surface area (Å²) >= 11 is 0. The predicted molar refractivity (Wildman–Crippen MR) is 518 cm³/mol. The Hall–Kier alpha value is -4.30. The van der Waals surface area contributed by atoms with Gasteiger partial charge in [-0.05, 0) is 212 Å². The highest BCUT2D eigenvalue weighted by Gasteiger charge is 2.22. The molecule has 0 rings (SSSR count). The van der Waals surface area contributed by atoms with E-state index in [0.29, 0.717) is 94.5 Å². The van der Waals surface area contributed by atoms with Crippen LogP contribution in [0.15, 0.2) is 48.6 Å². The molecule has 14 heteroatoms. The Morgan fingerprint density at radius 1 is 0.262 bits per heavy atom. The highest BCUT2D eigenvalue weighted by Crippen LogP contribution is 2.33. The van der Waals surface area contributed by atoms with E-state index >= 15 is 0 Å². The van der Waals surface area contributed by atoms with Gasteiger partial charge < -0.3 is 38.2 Å². The zero-order chi connectivity index (χ0) is 89.5. The molecule has 0 saturated carbocycles. The maximum atomic E-state index is 12.9. The van der Waals surface area contributed by atoms with Crippen LogP contribution in [-0.4, -0.2) is 126 Å². The maximum Gasteiger partial charge on any atom is 0.306 e. The molecule has 0 N–H and O–H groups in total. The molecule has 0 saturated heterocycles. The Morgan fingerprint density at radius 2 is 0.533 bits per heavy atom. The highest BCUT2D eigenvalue weighted by molar-refractivity contribution is 5.71. The minimum atomic E-state index is -0.0958. The van der Waals surface area contributed by atoms with Crippen LogP contribution >= 0.6 is 0 Å². The molecule has 6 unspecified atom stereocenters. The van der Waals surface area contributed by atoms with Crippen LogP contribution in [0.25, 0.3) is 0 Å². The second-order valence-electron chi connectivity index (χ2n) is 37.6. The summed E-state index contributed by atoms with van der Waals surface area (Å²) in [5.74, 6) is 3.37. The summed E-state index contributed by atoms with van der Waals surface area (Å²) in [6.45, 7) is 21.7. The Labute approximate surface area is 754 Å². The van der Waals surface area contributed by atoms with E-state index in [0.717, 1.165) is 224 Å². The predicted octanol–water partition coefficient (Wildman–Crippen LogP) is 30.7. The largest absolute Gasteiger partial charge is 0.462 e. The lowest BCUT2D eigenvalue weighted by atomic mass is 9.78. The standard InChI is InChI=1S/C108H200N2O12/c1-13-20-46-70-97(71-47-21-14-2)76-64-92-119-105(113)84-55-44-36-28-32-40-51-80-102(122-108(116)87-63-89-110(11)12)81-52-41-33-29-37-45-56-85-106(114)120-93-65-77-98(72-48-22-15-3)75-61-66-95(8)100(19-7)94-99(69-25-18-6)74-58-60-91-118-104(112)83-54-43-35-27-31-39-50-79-101(121-107(115)86-62-88-109(9)10)78-49-38-30-26-34-42-53-82-103(111)117-90-59-57-73-96(67-23-16-4)68-24-17-5/h57-60,64-65,76-77,95-102H,13-56,61-63,66-75,78-94H2,1-12H3/b59-57-,60-58-,76-64-,77-65-. The van der Waals surface area contributed by atoms with E-state index in [-0.39, 0.29) is 48.0 Å². The molecule has 0 aromatic rings. The second kappa shape index (κ2) is 90.1. The van der Waals surface area contributed by atoms with Gasteiger partial charge in [-0.15, -0.1) is 0 Å². The number of esters is 6. The quantitative estimate of drug-likeness (QED) is 0.0244. The number of nitrogens with zero attached hydrogens (tertiary/aromatic N) is 2. The SMILES string of the molecule is CCCCCC(/C=C\COC(=O)CCCCCCCCCC(CCCCCCCCCC(=O)OC/C=C\C(CCCCC)CCCC(C)C(CC)CC(C/C=C\COC(=O)CCCCCCCCCC(CCCCCCCCCC(=O)OC/C=C\CC(CCCC)CCCC)OC(=O)CCCN(C)C)CCCC)OC(=O)CCCN(C)C)CCCCC. The zero-order valence-corrected chi connectivity index (χ0v) is 82.4. The molecule has 0 aliphatic carbocycles. The molecule has 0 heterocycles. The van der Waals surface area contributed by atoms with Gasteiger partial charge in [0.2, 0.25) is 0 Å². The van der Waals surface area contributed by atoms with E-state index in [9.17, 15) is 28.8 Å². The topological polar surface area (TPSA) is 164 Å². The molecule has 714 valence electrons. The maximum absolute atomic E-state index is 12.9. The van der Waals surface area contributed by atoms with Gasteiger partial charge in [0.15, 0.2) is 0 Å². The fourth-order valence-corrected chi connectivity index (χ4v) is 17.3. The molecule has 0 spiro atoms. The molecule has 0 fully saturated rings. The average molecular weight is 1720 g/mol. The van der Waals surface area contributed by atoms with Crippen LogP contribution in [0.4, 0.5) is 0 Å². The summed E-state index contributed by atoms with van der Waals surface area (Å²) in [7, 11) is 8.16. The van der Waals surface area contributed by atoms with Crippen LogP contribution in [0, 0.1) is 35.5 Å². The molecular weight excluding hydrogens is 1520 g/mol. The Kier molecular flexibility index (Phi) is 86.9. The third kappa shape index (κ3) is 81.5. The van der Waals surface area contributed by atoms with Crippen LogP contribution in [0.5, 0.6) is 0 Å². The van der Waals surface area contributed by atoms with Crippen molar-refractivity contribution in [2.45, 2.75) is 504 Å². The van der Waals surface area contributed by atoms with Gasteiger partial charge in [0, 0.05) is 38.5 Å². The van der Waals surface area contributed by atoms with Gasteiger partial charge in [0.25, 0.3) is 0 Å². The van der Waals surface area contributed by atoms with Crippen molar-refractivity contribution in [3.05, 3.63) is 48.6 Å². The van der Waals surface area contributed by atoms with Gasteiger partial charge in [-0.2, -0.15) is 0 Å². The highest BCUT2D eigenvalue weighted by atomic mass is 16.6. The summed E-state index contributed by atoms with van der Waals surface area (Å²) in [4.78, 5) is 80.3. The first-order valence-electron chi connectivity index (χ1n) is 52.4. The van der Waals surface area contributed by atoms with Crippen LogP contribution < -0.4 is 0 Å². The number of carbonyl (C=O) groups is 6. The van der Waals surface area contributed by atoms with Crippen LogP contribution in [-0.2, 0) is 57.2 Å².